The van der Waals surface area contributed by atoms with Crippen molar-refractivity contribution in [2.75, 3.05) is 20.3 Å². The average molecular weight is 277 g/mol. The highest BCUT2D eigenvalue weighted by atomic mass is 32.2. The van der Waals surface area contributed by atoms with E-state index in [9.17, 15) is 0 Å². The van der Waals surface area contributed by atoms with Crippen molar-refractivity contribution in [3.05, 3.63) is 35.4 Å². The van der Waals surface area contributed by atoms with E-state index in [0.29, 0.717) is 11.3 Å². The lowest BCUT2D eigenvalue weighted by Crippen LogP contribution is -2.34. The molecule has 0 spiro atoms. The molecule has 104 valence electrons. The van der Waals surface area contributed by atoms with Gasteiger partial charge < -0.3 is 10.1 Å². The number of ether oxygens (including phenoxy) is 1. The quantitative estimate of drug-likeness (QED) is 0.917. The van der Waals surface area contributed by atoms with Gasteiger partial charge in [0.25, 0.3) is 0 Å². The Balaban J connectivity index is 1.72. The van der Waals surface area contributed by atoms with Crippen LogP contribution in [0.5, 0.6) is 0 Å². The van der Waals surface area contributed by atoms with Crippen LogP contribution in [0.15, 0.2) is 24.3 Å². The molecular formula is C16H23NOS. The van der Waals surface area contributed by atoms with Crippen molar-refractivity contribution in [2.45, 2.75) is 42.2 Å². The molecule has 1 aliphatic carbocycles. The van der Waals surface area contributed by atoms with Crippen molar-refractivity contribution in [3.8, 4) is 0 Å². The molecule has 3 rings (SSSR count). The third kappa shape index (κ3) is 2.99. The summed E-state index contributed by atoms with van der Waals surface area (Å²) in [5.41, 5.74) is 3.05. The van der Waals surface area contributed by atoms with Crippen LogP contribution < -0.4 is 5.32 Å². The Morgan fingerprint density at radius 3 is 2.74 bits per heavy atom. The van der Waals surface area contributed by atoms with E-state index >= 15 is 0 Å². The summed E-state index contributed by atoms with van der Waals surface area (Å²) in [6.07, 6.45) is 4.97. The summed E-state index contributed by atoms with van der Waals surface area (Å²) in [7, 11) is 2.10. The predicted octanol–water partition coefficient (Wildman–Crippen LogP) is 3.17. The van der Waals surface area contributed by atoms with Crippen molar-refractivity contribution < 1.29 is 4.74 Å². The molecular weight excluding hydrogens is 254 g/mol. The topological polar surface area (TPSA) is 21.3 Å². The fourth-order valence-electron chi connectivity index (χ4n) is 3.28. The number of nitrogens with one attached hydrogen (secondary N) is 1. The van der Waals surface area contributed by atoms with Gasteiger partial charge in [0.2, 0.25) is 0 Å². The van der Waals surface area contributed by atoms with Crippen LogP contribution >= 0.6 is 11.8 Å². The molecule has 0 saturated carbocycles. The zero-order valence-corrected chi connectivity index (χ0v) is 12.4. The Labute approximate surface area is 120 Å². The maximum Gasteiger partial charge on any atom is 0.0476 e. The Kier molecular flexibility index (Phi) is 4.46. The summed E-state index contributed by atoms with van der Waals surface area (Å²) in [5, 5.41) is 5.05. The summed E-state index contributed by atoms with van der Waals surface area (Å²) < 4.78 is 5.47. The average Bonchev–Trinajstić information content (AvgIpc) is 2.48. The lowest BCUT2D eigenvalue weighted by molar-refractivity contribution is 0.0998. The first-order chi connectivity index (χ1) is 9.38. The fraction of sp³-hybridized carbons (Fsp3) is 0.625. The van der Waals surface area contributed by atoms with Gasteiger partial charge in [-0.05, 0) is 43.9 Å². The number of hydrogen-bond acceptors (Lipinski definition) is 3. The molecule has 0 bridgehead atoms. The molecule has 1 heterocycles. The third-order valence-corrected chi connectivity index (χ3v) is 6.02. The van der Waals surface area contributed by atoms with E-state index in [1.165, 1.54) is 36.8 Å². The fourth-order valence-corrected chi connectivity index (χ4v) is 4.93. The predicted molar refractivity (Wildman–Crippen MR) is 81.8 cm³/mol. The molecule has 1 fully saturated rings. The normalized spacial score (nSPS) is 28.1. The molecule has 1 saturated heterocycles. The molecule has 2 aliphatic rings. The molecule has 0 radical (unpaired) electrons. The van der Waals surface area contributed by atoms with E-state index in [0.717, 1.165) is 18.5 Å². The van der Waals surface area contributed by atoms with E-state index in [1.807, 2.05) is 0 Å². The van der Waals surface area contributed by atoms with E-state index in [1.54, 1.807) is 0 Å². The maximum atomic E-state index is 5.47. The molecule has 0 amide bonds. The van der Waals surface area contributed by atoms with Gasteiger partial charge in [-0.25, -0.2) is 0 Å². The minimum Gasteiger partial charge on any atom is -0.381 e. The maximum absolute atomic E-state index is 5.47. The summed E-state index contributed by atoms with van der Waals surface area (Å²) >= 11 is 2.20. The third-order valence-electron chi connectivity index (χ3n) is 4.31. The van der Waals surface area contributed by atoms with E-state index in [4.69, 9.17) is 4.74 Å². The highest BCUT2D eigenvalue weighted by Gasteiger charge is 2.31. The van der Waals surface area contributed by atoms with Gasteiger partial charge in [-0.2, -0.15) is 11.8 Å². The van der Waals surface area contributed by atoms with Crippen molar-refractivity contribution in [1.82, 2.24) is 5.32 Å². The van der Waals surface area contributed by atoms with Gasteiger partial charge in [-0.1, -0.05) is 24.3 Å². The summed E-state index contributed by atoms with van der Waals surface area (Å²) in [6.45, 7) is 1.90. The Morgan fingerprint density at radius 1 is 1.16 bits per heavy atom. The highest BCUT2D eigenvalue weighted by molar-refractivity contribution is 8.00. The van der Waals surface area contributed by atoms with Gasteiger partial charge >= 0.3 is 0 Å². The van der Waals surface area contributed by atoms with E-state index in [-0.39, 0.29) is 0 Å². The number of thioether (sulfide) groups is 1. The largest absolute Gasteiger partial charge is 0.381 e. The van der Waals surface area contributed by atoms with Crippen molar-refractivity contribution >= 4 is 11.8 Å². The zero-order chi connectivity index (χ0) is 13.1. The lowest BCUT2D eigenvalue weighted by atomic mass is 9.87. The molecule has 2 nitrogen and oxygen atoms in total. The Morgan fingerprint density at radius 2 is 1.95 bits per heavy atom. The van der Waals surface area contributed by atoms with Gasteiger partial charge in [0.15, 0.2) is 0 Å². The summed E-state index contributed by atoms with van der Waals surface area (Å²) in [5.74, 6) is 0. The molecule has 1 aliphatic heterocycles. The number of rotatable bonds is 3. The monoisotopic (exact) mass is 277 g/mol. The molecule has 1 aromatic rings. The first kappa shape index (κ1) is 13.5. The van der Waals surface area contributed by atoms with Crippen LogP contribution in [0, 0.1) is 0 Å². The minimum atomic E-state index is 0.512. The molecule has 1 N–H and O–H groups in total. The summed E-state index contributed by atoms with van der Waals surface area (Å²) in [4.78, 5) is 0. The standard InChI is InChI=1S/C16H23NOS/c1-17-16-14-5-3-2-4-12(14)6-7-15(16)19-13-8-10-18-11-9-13/h2-5,13,15-17H,6-11H2,1H3. The smallest absolute Gasteiger partial charge is 0.0476 e. The second-order valence-electron chi connectivity index (χ2n) is 5.49. The van der Waals surface area contributed by atoms with Crippen LogP contribution in [0.2, 0.25) is 0 Å². The number of benzene rings is 1. The SMILES string of the molecule is CNC1c2ccccc2CCC1SC1CCOCC1. The van der Waals surface area contributed by atoms with Crippen LogP contribution in [0.4, 0.5) is 0 Å². The van der Waals surface area contributed by atoms with Crippen LogP contribution in [-0.2, 0) is 11.2 Å². The second-order valence-corrected chi connectivity index (χ2v) is 7.03. The Bertz CT molecular complexity index is 417. The number of fused-ring (bicyclic) bond motifs is 1. The van der Waals surface area contributed by atoms with Crippen LogP contribution in [0.1, 0.15) is 36.4 Å². The van der Waals surface area contributed by atoms with Crippen LogP contribution in [0.3, 0.4) is 0 Å². The molecule has 1 aromatic carbocycles. The first-order valence-electron chi connectivity index (χ1n) is 7.37. The van der Waals surface area contributed by atoms with Gasteiger partial charge in [0, 0.05) is 29.8 Å². The number of aryl methyl sites for hydroxylation is 1. The molecule has 2 unspecified atom stereocenters. The molecule has 2 atom stereocenters. The van der Waals surface area contributed by atoms with Crippen molar-refractivity contribution in [1.29, 1.82) is 0 Å². The van der Waals surface area contributed by atoms with E-state index < -0.39 is 0 Å². The molecule has 0 aromatic heterocycles. The van der Waals surface area contributed by atoms with E-state index in [2.05, 4.69) is 48.4 Å². The van der Waals surface area contributed by atoms with Crippen LogP contribution in [-0.4, -0.2) is 30.8 Å². The van der Waals surface area contributed by atoms with Gasteiger partial charge in [-0.3, -0.25) is 0 Å². The van der Waals surface area contributed by atoms with Crippen molar-refractivity contribution in [2.24, 2.45) is 0 Å². The van der Waals surface area contributed by atoms with Gasteiger partial charge in [0.1, 0.15) is 0 Å². The molecule has 3 heteroatoms. The lowest BCUT2D eigenvalue weighted by Gasteiger charge is -2.36. The van der Waals surface area contributed by atoms with Crippen molar-refractivity contribution in [3.63, 3.8) is 0 Å². The highest BCUT2D eigenvalue weighted by Crippen LogP contribution is 2.40. The van der Waals surface area contributed by atoms with Gasteiger partial charge in [0.05, 0.1) is 0 Å². The number of hydrogen-bond donors (Lipinski definition) is 1. The zero-order valence-electron chi connectivity index (χ0n) is 11.6. The Hall–Kier alpha value is -0.510. The summed E-state index contributed by atoms with van der Waals surface area (Å²) in [6, 6.07) is 9.43. The first-order valence-corrected chi connectivity index (χ1v) is 8.31. The van der Waals surface area contributed by atoms with Crippen LogP contribution in [0.25, 0.3) is 0 Å². The minimum absolute atomic E-state index is 0.512. The molecule has 19 heavy (non-hydrogen) atoms. The second kappa shape index (κ2) is 6.29. The van der Waals surface area contributed by atoms with Gasteiger partial charge in [-0.15, -0.1) is 0 Å².